The predicted octanol–water partition coefficient (Wildman–Crippen LogP) is 2.70. The van der Waals surface area contributed by atoms with Crippen LogP contribution in [0.15, 0.2) is 12.1 Å². The first-order chi connectivity index (χ1) is 8.65. The summed E-state index contributed by atoms with van der Waals surface area (Å²) >= 11 is 0. The zero-order valence-electron chi connectivity index (χ0n) is 11.4. The van der Waals surface area contributed by atoms with Crippen molar-refractivity contribution in [1.82, 2.24) is 0 Å². The van der Waals surface area contributed by atoms with Crippen LogP contribution in [0.3, 0.4) is 0 Å². The molecule has 0 saturated heterocycles. The van der Waals surface area contributed by atoms with Crippen LogP contribution in [0.4, 0.5) is 5.69 Å². The number of carbonyl (C=O) groups is 1. The van der Waals surface area contributed by atoms with Crippen LogP contribution in [-0.2, 0) is 4.79 Å². The highest BCUT2D eigenvalue weighted by atomic mass is 16.6. The first-order valence-corrected chi connectivity index (χ1v) is 5.77. The first kappa shape index (κ1) is 14.9. The molecule has 0 saturated carbocycles. The number of hydrogen-bond acceptors (Lipinski definition) is 4. The Labute approximate surface area is 111 Å². The Morgan fingerprint density at radius 3 is 2.42 bits per heavy atom. The lowest BCUT2D eigenvalue weighted by molar-refractivity contribution is -0.385. The third-order valence-electron chi connectivity index (χ3n) is 2.86. The number of nitro benzene ring substituents is 1. The van der Waals surface area contributed by atoms with Crippen molar-refractivity contribution in [1.29, 1.82) is 0 Å². The number of carboxylic acid groups (broad SMARTS) is 1. The molecule has 6 heteroatoms. The van der Waals surface area contributed by atoms with E-state index in [9.17, 15) is 14.9 Å². The standard InChI is InChI=1S/C13H17NO5/c1-8-5-9(2)11(6-10(8)14(17)18)19-7-13(3,4)12(15)16/h5-6H,7H2,1-4H3,(H,15,16). The Morgan fingerprint density at radius 2 is 1.95 bits per heavy atom. The highest BCUT2D eigenvalue weighted by Gasteiger charge is 2.28. The van der Waals surface area contributed by atoms with Crippen molar-refractivity contribution in [2.45, 2.75) is 27.7 Å². The summed E-state index contributed by atoms with van der Waals surface area (Å²) in [5.41, 5.74) is 0.205. The van der Waals surface area contributed by atoms with Crippen LogP contribution in [-0.4, -0.2) is 22.6 Å². The van der Waals surface area contributed by atoms with E-state index in [0.717, 1.165) is 5.56 Å². The van der Waals surface area contributed by atoms with Gasteiger partial charge in [-0.15, -0.1) is 0 Å². The van der Waals surface area contributed by atoms with Gasteiger partial charge >= 0.3 is 5.97 Å². The van der Waals surface area contributed by atoms with Crippen LogP contribution in [0.1, 0.15) is 25.0 Å². The van der Waals surface area contributed by atoms with Crippen molar-refractivity contribution < 1.29 is 19.6 Å². The Bertz CT molecular complexity index is 522. The van der Waals surface area contributed by atoms with Crippen molar-refractivity contribution in [3.8, 4) is 5.75 Å². The van der Waals surface area contributed by atoms with Gasteiger partial charge in [0.25, 0.3) is 5.69 Å². The van der Waals surface area contributed by atoms with Gasteiger partial charge in [-0.05, 0) is 39.3 Å². The minimum absolute atomic E-state index is 0.0336. The van der Waals surface area contributed by atoms with Crippen molar-refractivity contribution in [2.24, 2.45) is 5.41 Å². The lowest BCUT2D eigenvalue weighted by Gasteiger charge is -2.20. The molecule has 1 rings (SSSR count). The number of hydrogen-bond donors (Lipinski definition) is 1. The van der Waals surface area contributed by atoms with Crippen LogP contribution in [0.25, 0.3) is 0 Å². The minimum atomic E-state index is -1.05. The quantitative estimate of drug-likeness (QED) is 0.654. The summed E-state index contributed by atoms with van der Waals surface area (Å²) in [7, 11) is 0. The molecule has 0 aliphatic rings. The van der Waals surface area contributed by atoms with Crippen LogP contribution in [0.5, 0.6) is 5.75 Å². The van der Waals surface area contributed by atoms with E-state index >= 15 is 0 Å². The minimum Gasteiger partial charge on any atom is -0.492 e. The Kier molecular flexibility index (Phi) is 4.14. The van der Waals surface area contributed by atoms with Crippen molar-refractivity contribution >= 4 is 11.7 Å². The second kappa shape index (κ2) is 5.26. The maximum atomic E-state index is 11.0. The van der Waals surface area contributed by atoms with Gasteiger partial charge in [-0.25, -0.2) is 0 Å². The van der Waals surface area contributed by atoms with Gasteiger partial charge in [-0.3, -0.25) is 14.9 Å². The lowest BCUT2D eigenvalue weighted by atomic mass is 9.95. The normalized spacial score (nSPS) is 11.2. The summed E-state index contributed by atoms with van der Waals surface area (Å²) in [6.45, 7) is 6.43. The average Bonchev–Trinajstić information content (AvgIpc) is 2.27. The molecular formula is C13H17NO5. The highest BCUT2D eigenvalue weighted by molar-refractivity contribution is 5.73. The number of carboxylic acids is 1. The number of benzene rings is 1. The average molecular weight is 267 g/mol. The molecule has 0 heterocycles. The number of aryl methyl sites for hydroxylation is 2. The van der Waals surface area contributed by atoms with E-state index in [1.165, 1.54) is 19.9 Å². The van der Waals surface area contributed by atoms with E-state index < -0.39 is 16.3 Å². The molecule has 0 aliphatic carbocycles. The topological polar surface area (TPSA) is 89.7 Å². The maximum absolute atomic E-state index is 11.0. The number of aliphatic carboxylic acids is 1. The highest BCUT2D eigenvalue weighted by Crippen LogP contribution is 2.29. The fourth-order valence-electron chi connectivity index (χ4n) is 1.49. The Morgan fingerprint density at radius 1 is 1.37 bits per heavy atom. The van der Waals surface area contributed by atoms with Crippen LogP contribution in [0.2, 0.25) is 0 Å². The molecule has 1 aromatic carbocycles. The van der Waals surface area contributed by atoms with Crippen LogP contribution in [0, 0.1) is 29.4 Å². The molecule has 0 aliphatic heterocycles. The molecule has 0 aromatic heterocycles. The zero-order valence-corrected chi connectivity index (χ0v) is 11.4. The van der Waals surface area contributed by atoms with Crippen LogP contribution >= 0.6 is 0 Å². The fourth-order valence-corrected chi connectivity index (χ4v) is 1.49. The summed E-state index contributed by atoms with van der Waals surface area (Å²) in [6.07, 6.45) is 0. The largest absolute Gasteiger partial charge is 0.492 e. The number of nitrogens with zero attached hydrogens (tertiary/aromatic N) is 1. The van der Waals surface area contributed by atoms with Gasteiger partial charge in [0.1, 0.15) is 12.4 Å². The number of nitro groups is 1. The van der Waals surface area contributed by atoms with Gasteiger partial charge in [0.05, 0.1) is 16.4 Å². The van der Waals surface area contributed by atoms with E-state index in [0.29, 0.717) is 11.3 Å². The second-order valence-corrected chi connectivity index (χ2v) is 5.14. The SMILES string of the molecule is Cc1cc(C)c([N+](=O)[O-])cc1OCC(C)(C)C(=O)O. The molecule has 0 bridgehead atoms. The zero-order chi connectivity index (χ0) is 14.8. The van der Waals surface area contributed by atoms with Gasteiger partial charge in [0, 0.05) is 5.56 Å². The Hall–Kier alpha value is -2.11. The smallest absolute Gasteiger partial charge is 0.312 e. The van der Waals surface area contributed by atoms with E-state index in [2.05, 4.69) is 0 Å². The molecule has 6 nitrogen and oxygen atoms in total. The van der Waals surface area contributed by atoms with E-state index in [-0.39, 0.29) is 12.3 Å². The summed E-state index contributed by atoms with van der Waals surface area (Å²) in [5, 5.41) is 19.8. The van der Waals surface area contributed by atoms with E-state index in [4.69, 9.17) is 9.84 Å². The molecule has 0 unspecified atom stereocenters. The van der Waals surface area contributed by atoms with Gasteiger partial charge in [-0.1, -0.05) is 0 Å². The summed E-state index contributed by atoms with van der Waals surface area (Å²) in [4.78, 5) is 21.3. The van der Waals surface area contributed by atoms with E-state index in [1.807, 2.05) is 0 Å². The molecule has 0 amide bonds. The van der Waals surface area contributed by atoms with Crippen molar-refractivity contribution in [3.63, 3.8) is 0 Å². The molecule has 0 atom stereocenters. The number of rotatable bonds is 5. The van der Waals surface area contributed by atoms with Gasteiger partial charge in [0.2, 0.25) is 0 Å². The van der Waals surface area contributed by atoms with Crippen LogP contribution < -0.4 is 4.74 Å². The number of ether oxygens (including phenoxy) is 1. The third-order valence-corrected chi connectivity index (χ3v) is 2.86. The second-order valence-electron chi connectivity index (χ2n) is 5.14. The van der Waals surface area contributed by atoms with Gasteiger partial charge < -0.3 is 9.84 Å². The van der Waals surface area contributed by atoms with E-state index in [1.54, 1.807) is 19.9 Å². The van der Waals surface area contributed by atoms with Gasteiger partial charge in [-0.2, -0.15) is 0 Å². The lowest BCUT2D eigenvalue weighted by Crippen LogP contribution is -2.30. The summed E-state index contributed by atoms with van der Waals surface area (Å²) in [6, 6.07) is 2.99. The molecule has 1 aromatic rings. The molecule has 0 fully saturated rings. The summed E-state index contributed by atoms with van der Waals surface area (Å²) < 4.78 is 5.42. The Balaban J connectivity index is 2.99. The molecule has 104 valence electrons. The molecular weight excluding hydrogens is 250 g/mol. The third kappa shape index (κ3) is 3.43. The van der Waals surface area contributed by atoms with Crippen molar-refractivity contribution in [3.05, 3.63) is 33.4 Å². The predicted molar refractivity (Wildman–Crippen MR) is 69.5 cm³/mol. The molecule has 1 N–H and O–H groups in total. The first-order valence-electron chi connectivity index (χ1n) is 5.77. The maximum Gasteiger partial charge on any atom is 0.312 e. The monoisotopic (exact) mass is 267 g/mol. The molecule has 0 radical (unpaired) electrons. The van der Waals surface area contributed by atoms with Crippen molar-refractivity contribution in [2.75, 3.05) is 6.61 Å². The summed E-state index contributed by atoms with van der Waals surface area (Å²) in [5.74, 6) is -0.640. The molecule has 19 heavy (non-hydrogen) atoms. The van der Waals surface area contributed by atoms with Gasteiger partial charge in [0.15, 0.2) is 0 Å². The molecule has 0 spiro atoms. The fraction of sp³-hybridized carbons (Fsp3) is 0.462.